The van der Waals surface area contributed by atoms with Gasteiger partial charge in [-0.25, -0.2) is 5.06 Å². The number of hydrogen-bond donors (Lipinski definition) is 0. The van der Waals surface area contributed by atoms with E-state index in [0.29, 0.717) is 0 Å². The second kappa shape index (κ2) is 4.19. The van der Waals surface area contributed by atoms with Crippen molar-refractivity contribution in [1.82, 2.24) is 5.06 Å². The van der Waals surface area contributed by atoms with Gasteiger partial charge in [0.25, 0.3) is 5.91 Å². The van der Waals surface area contributed by atoms with E-state index in [4.69, 9.17) is 0 Å². The van der Waals surface area contributed by atoms with Gasteiger partial charge in [-0.3, -0.25) is 9.63 Å². The summed E-state index contributed by atoms with van der Waals surface area (Å²) in [5.41, 5.74) is -0.929. The zero-order valence-corrected chi connectivity index (χ0v) is 8.78. The largest absolute Gasteiger partial charge is 0.418 e. The highest BCUT2D eigenvalue weighted by atomic mass is 32.1. The third-order valence-electron chi connectivity index (χ3n) is 1.72. The quantitative estimate of drug-likeness (QED) is 0.742. The van der Waals surface area contributed by atoms with Gasteiger partial charge in [0.1, 0.15) is 4.88 Å². The molecule has 0 bridgehead atoms. The molecule has 0 spiro atoms. The number of carbonyl (C=O) groups excluding carboxylic acids is 1. The molecule has 15 heavy (non-hydrogen) atoms. The molecule has 0 aliphatic rings. The summed E-state index contributed by atoms with van der Waals surface area (Å²) in [6.07, 6.45) is -4.51. The molecule has 0 aliphatic heterocycles. The van der Waals surface area contributed by atoms with Gasteiger partial charge in [-0.2, -0.15) is 13.2 Å². The van der Waals surface area contributed by atoms with Gasteiger partial charge in [-0.1, -0.05) is 0 Å². The van der Waals surface area contributed by atoms with Gasteiger partial charge >= 0.3 is 6.18 Å². The minimum atomic E-state index is -4.51. The first-order chi connectivity index (χ1) is 6.88. The average Bonchev–Trinajstić information content (AvgIpc) is 2.63. The van der Waals surface area contributed by atoms with E-state index < -0.39 is 17.6 Å². The highest BCUT2D eigenvalue weighted by Crippen LogP contribution is 2.35. The van der Waals surface area contributed by atoms with Gasteiger partial charge in [-0.15, -0.1) is 11.3 Å². The number of carbonyl (C=O) groups is 1. The summed E-state index contributed by atoms with van der Waals surface area (Å²) in [4.78, 5) is 15.6. The Balaban J connectivity index is 3.06. The van der Waals surface area contributed by atoms with E-state index in [2.05, 4.69) is 4.84 Å². The van der Waals surface area contributed by atoms with Gasteiger partial charge in [-0.05, 0) is 11.4 Å². The topological polar surface area (TPSA) is 29.5 Å². The van der Waals surface area contributed by atoms with E-state index >= 15 is 0 Å². The van der Waals surface area contributed by atoms with Crippen LogP contribution in [0.25, 0.3) is 0 Å². The number of alkyl halides is 3. The summed E-state index contributed by atoms with van der Waals surface area (Å²) < 4.78 is 37.2. The van der Waals surface area contributed by atoms with Crippen molar-refractivity contribution < 1.29 is 22.8 Å². The van der Waals surface area contributed by atoms with Gasteiger partial charge in [0.15, 0.2) is 0 Å². The van der Waals surface area contributed by atoms with Crippen LogP contribution in [0.3, 0.4) is 0 Å². The Labute approximate surface area is 88.0 Å². The second-order valence-corrected chi connectivity index (χ2v) is 3.56. The van der Waals surface area contributed by atoms with Crippen LogP contribution in [-0.2, 0) is 11.0 Å². The third kappa shape index (κ3) is 2.48. The highest BCUT2D eigenvalue weighted by molar-refractivity contribution is 7.12. The van der Waals surface area contributed by atoms with Crippen LogP contribution >= 0.6 is 11.3 Å². The monoisotopic (exact) mass is 239 g/mol. The molecule has 1 aromatic rings. The lowest BCUT2D eigenvalue weighted by molar-refractivity contribution is -0.138. The van der Waals surface area contributed by atoms with Crippen LogP contribution in [-0.4, -0.2) is 25.1 Å². The molecule has 0 aliphatic carbocycles. The Morgan fingerprint density at radius 2 is 2.13 bits per heavy atom. The van der Waals surface area contributed by atoms with Gasteiger partial charge in [0.05, 0.1) is 12.7 Å². The molecule has 0 saturated carbocycles. The first kappa shape index (κ1) is 12.0. The molecule has 0 atom stereocenters. The van der Waals surface area contributed by atoms with Crippen LogP contribution in [0.5, 0.6) is 0 Å². The highest BCUT2D eigenvalue weighted by Gasteiger charge is 2.36. The molecule has 1 aromatic heterocycles. The number of amides is 1. The standard InChI is InChI=1S/C8H8F3NO2S/c1-12(14-2)7(13)6-5(3-4-15-6)8(9,10)11/h3-4H,1-2H3. The first-order valence-electron chi connectivity index (χ1n) is 3.84. The van der Waals surface area contributed by atoms with Gasteiger partial charge in [0, 0.05) is 7.05 Å². The van der Waals surface area contributed by atoms with Crippen LogP contribution in [0.2, 0.25) is 0 Å². The van der Waals surface area contributed by atoms with E-state index in [1.807, 2.05) is 0 Å². The fourth-order valence-electron chi connectivity index (χ4n) is 0.924. The zero-order chi connectivity index (χ0) is 11.6. The van der Waals surface area contributed by atoms with E-state index in [0.717, 1.165) is 22.5 Å². The van der Waals surface area contributed by atoms with Crippen LogP contribution in [0.1, 0.15) is 15.2 Å². The molecule has 7 heteroatoms. The van der Waals surface area contributed by atoms with Crippen molar-refractivity contribution in [3.63, 3.8) is 0 Å². The lowest BCUT2D eigenvalue weighted by atomic mass is 10.2. The average molecular weight is 239 g/mol. The Hall–Kier alpha value is -1.08. The number of halogens is 3. The lowest BCUT2D eigenvalue weighted by Crippen LogP contribution is -2.26. The molecule has 0 radical (unpaired) electrons. The van der Waals surface area contributed by atoms with Crippen molar-refractivity contribution in [2.45, 2.75) is 6.18 Å². The predicted octanol–water partition coefficient (Wildman–Crippen LogP) is 2.40. The third-order valence-corrected chi connectivity index (χ3v) is 2.63. The maximum Gasteiger partial charge on any atom is 0.418 e. The van der Waals surface area contributed by atoms with E-state index in [1.165, 1.54) is 19.5 Å². The van der Waals surface area contributed by atoms with Crippen LogP contribution < -0.4 is 0 Å². The first-order valence-corrected chi connectivity index (χ1v) is 4.72. The summed E-state index contributed by atoms with van der Waals surface area (Å²) in [7, 11) is 2.46. The van der Waals surface area contributed by atoms with E-state index in [1.54, 1.807) is 0 Å². The number of rotatable bonds is 2. The van der Waals surface area contributed by atoms with Crippen LogP contribution in [0.15, 0.2) is 11.4 Å². The number of hydroxylamine groups is 2. The summed E-state index contributed by atoms with van der Waals surface area (Å²) in [6.45, 7) is 0. The fraction of sp³-hybridized carbons (Fsp3) is 0.375. The lowest BCUT2D eigenvalue weighted by Gasteiger charge is -2.14. The second-order valence-electron chi connectivity index (χ2n) is 2.65. The number of hydrogen-bond acceptors (Lipinski definition) is 3. The SMILES string of the molecule is CON(C)C(=O)c1sccc1C(F)(F)F. The van der Waals surface area contributed by atoms with E-state index in [9.17, 15) is 18.0 Å². The summed E-state index contributed by atoms with van der Waals surface area (Å²) in [6, 6.07) is 0.876. The van der Waals surface area contributed by atoms with Crippen molar-refractivity contribution >= 4 is 17.2 Å². The summed E-state index contributed by atoms with van der Waals surface area (Å²) >= 11 is 0.737. The van der Waals surface area contributed by atoms with Crippen molar-refractivity contribution in [3.05, 3.63) is 21.9 Å². The molecule has 0 aromatic carbocycles. The Morgan fingerprint density at radius 1 is 1.53 bits per heavy atom. The predicted molar refractivity (Wildman–Crippen MR) is 48.4 cm³/mol. The molecule has 84 valence electrons. The number of thiophene rings is 1. The molecule has 0 fully saturated rings. The summed E-state index contributed by atoms with van der Waals surface area (Å²) in [5.74, 6) is -0.806. The Bertz CT molecular complexity index is 361. The fourth-order valence-corrected chi connectivity index (χ4v) is 1.80. The molecule has 1 amide bonds. The summed E-state index contributed by atoms with van der Waals surface area (Å²) in [5, 5.41) is 1.97. The minimum absolute atomic E-state index is 0.369. The molecule has 1 rings (SSSR count). The molecular weight excluding hydrogens is 231 g/mol. The Kier molecular flexibility index (Phi) is 3.35. The molecule has 0 saturated heterocycles. The van der Waals surface area contributed by atoms with Crippen molar-refractivity contribution in [2.75, 3.05) is 14.2 Å². The molecule has 0 unspecified atom stereocenters. The molecule has 3 nitrogen and oxygen atoms in total. The van der Waals surface area contributed by atoms with Crippen molar-refractivity contribution in [3.8, 4) is 0 Å². The molecular formula is C8H8F3NO2S. The van der Waals surface area contributed by atoms with Gasteiger partial charge < -0.3 is 0 Å². The smallest absolute Gasteiger partial charge is 0.274 e. The maximum atomic E-state index is 12.4. The van der Waals surface area contributed by atoms with Crippen molar-refractivity contribution in [1.29, 1.82) is 0 Å². The van der Waals surface area contributed by atoms with Crippen molar-refractivity contribution in [2.24, 2.45) is 0 Å². The molecule has 0 N–H and O–H groups in total. The van der Waals surface area contributed by atoms with E-state index in [-0.39, 0.29) is 4.88 Å². The normalized spacial score (nSPS) is 11.5. The zero-order valence-electron chi connectivity index (χ0n) is 7.96. The van der Waals surface area contributed by atoms with Crippen LogP contribution in [0.4, 0.5) is 13.2 Å². The van der Waals surface area contributed by atoms with Crippen LogP contribution in [0, 0.1) is 0 Å². The Morgan fingerprint density at radius 3 is 2.60 bits per heavy atom. The van der Waals surface area contributed by atoms with Gasteiger partial charge in [0.2, 0.25) is 0 Å². The number of nitrogens with zero attached hydrogens (tertiary/aromatic N) is 1. The molecule has 1 heterocycles. The minimum Gasteiger partial charge on any atom is -0.274 e. The maximum absolute atomic E-state index is 12.4.